The molecule has 1 saturated heterocycles. The number of hydrogen-bond donors (Lipinski definition) is 1. The van der Waals surface area contributed by atoms with Crippen molar-refractivity contribution in [2.45, 2.75) is 18.9 Å². The molecule has 19 heavy (non-hydrogen) atoms. The van der Waals surface area contributed by atoms with Crippen LogP contribution < -0.4 is 10.5 Å². The topological polar surface area (TPSA) is 57.4 Å². The second-order valence-electron chi connectivity index (χ2n) is 4.62. The van der Waals surface area contributed by atoms with Crippen molar-refractivity contribution in [1.82, 2.24) is 4.98 Å². The van der Waals surface area contributed by atoms with E-state index in [2.05, 4.69) is 4.98 Å². The van der Waals surface area contributed by atoms with Crippen LogP contribution in [0.4, 0.5) is 10.1 Å². The fraction of sp³-hybridized carbons (Fsp3) is 0.357. The summed E-state index contributed by atoms with van der Waals surface area (Å²) in [5.74, 6) is -0.331. The van der Waals surface area contributed by atoms with E-state index in [0.717, 1.165) is 19.4 Å². The maximum Gasteiger partial charge on any atom is 0.181 e. The lowest BCUT2D eigenvalue weighted by atomic mass is 10.1. The van der Waals surface area contributed by atoms with Gasteiger partial charge in [-0.05, 0) is 25.0 Å². The van der Waals surface area contributed by atoms with E-state index in [1.54, 1.807) is 18.3 Å². The Balaban J connectivity index is 1.93. The highest BCUT2D eigenvalue weighted by molar-refractivity contribution is 5.94. The first-order valence-corrected chi connectivity index (χ1v) is 6.33. The number of nitrogens with two attached hydrogens (primary N) is 1. The minimum Gasteiger partial charge on any atom is -0.486 e. The summed E-state index contributed by atoms with van der Waals surface area (Å²) < 4.78 is 25.0. The van der Waals surface area contributed by atoms with Crippen molar-refractivity contribution in [2.24, 2.45) is 0 Å². The Morgan fingerprint density at radius 3 is 3.21 bits per heavy atom. The van der Waals surface area contributed by atoms with Gasteiger partial charge in [0.25, 0.3) is 0 Å². The molecule has 1 atom stereocenters. The molecule has 5 heteroatoms. The Kier molecular flexibility index (Phi) is 3.21. The molecule has 4 nitrogen and oxygen atoms in total. The van der Waals surface area contributed by atoms with Crippen LogP contribution in [0.5, 0.6) is 5.75 Å². The molecule has 2 N–H and O–H groups in total. The smallest absolute Gasteiger partial charge is 0.181 e. The first-order valence-electron chi connectivity index (χ1n) is 6.33. The van der Waals surface area contributed by atoms with Crippen LogP contribution in [0.25, 0.3) is 10.9 Å². The first-order chi connectivity index (χ1) is 9.25. The van der Waals surface area contributed by atoms with Crippen LogP contribution in [0, 0.1) is 5.82 Å². The van der Waals surface area contributed by atoms with E-state index in [1.165, 1.54) is 6.07 Å². The second-order valence-corrected chi connectivity index (χ2v) is 4.62. The number of hydrogen-bond acceptors (Lipinski definition) is 4. The third-order valence-corrected chi connectivity index (χ3v) is 3.27. The van der Waals surface area contributed by atoms with E-state index >= 15 is 0 Å². The highest BCUT2D eigenvalue weighted by atomic mass is 19.1. The van der Waals surface area contributed by atoms with Crippen molar-refractivity contribution in [3.8, 4) is 5.75 Å². The zero-order valence-corrected chi connectivity index (χ0v) is 10.4. The van der Waals surface area contributed by atoms with E-state index in [-0.39, 0.29) is 11.9 Å². The third-order valence-electron chi connectivity index (χ3n) is 3.27. The number of rotatable bonds is 3. The molecule has 2 aromatic rings. The molecule has 0 amide bonds. The van der Waals surface area contributed by atoms with E-state index in [0.29, 0.717) is 23.2 Å². The van der Waals surface area contributed by atoms with Gasteiger partial charge in [0.2, 0.25) is 0 Å². The summed E-state index contributed by atoms with van der Waals surface area (Å²) in [4.78, 5) is 4.16. The van der Waals surface area contributed by atoms with Gasteiger partial charge >= 0.3 is 0 Å². The average molecular weight is 262 g/mol. The molecule has 0 saturated carbocycles. The molecule has 0 radical (unpaired) electrons. The van der Waals surface area contributed by atoms with Gasteiger partial charge in [0.05, 0.1) is 6.10 Å². The van der Waals surface area contributed by atoms with Crippen molar-refractivity contribution in [3.05, 3.63) is 30.2 Å². The molecule has 1 aromatic heterocycles. The van der Waals surface area contributed by atoms with Crippen molar-refractivity contribution in [1.29, 1.82) is 0 Å². The van der Waals surface area contributed by atoms with E-state index < -0.39 is 5.82 Å². The van der Waals surface area contributed by atoms with Gasteiger partial charge in [-0.1, -0.05) is 0 Å². The summed E-state index contributed by atoms with van der Waals surface area (Å²) in [5.41, 5.74) is 6.61. The van der Waals surface area contributed by atoms with Gasteiger partial charge in [0.15, 0.2) is 11.6 Å². The highest BCUT2D eigenvalue weighted by Crippen LogP contribution is 2.31. The predicted octanol–water partition coefficient (Wildman–Crippen LogP) is 2.51. The fourth-order valence-electron chi connectivity index (χ4n) is 2.30. The number of nitrogens with zero attached hydrogens (tertiary/aromatic N) is 1. The van der Waals surface area contributed by atoms with Gasteiger partial charge in [-0.25, -0.2) is 4.39 Å². The Bertz CT molecular complexity index is 597. The standard InChI is InChI=1S/C14H15FN2O2/c15-11-7-12(16)10-4-1-5-17-13(10)14(11)19-8-9-3-2-6-18-9/h1,4-5,7,9H,2-3,6,8,16H2. The summed E-state index contributed by atoms with van der Waals surface area (Å²) in [5, 5.41) is 0.700. The number of halogens is 1. The molecular formula is C14H15FN2O2. The Hall–Kier alpha value is -1.88. The summed E-state index contributed by atoms with van der Waals surface area (Å²) in [6, 6.07) is 4.84. The lowest BCUT2D eigenvalue weighted by molar-refractivity contribution is 0.0671. The number of pyridine rings is 1. The minimum atomic E-state index is -0.485. The van der Waals surface area contributed by atoms with Crippen LogP contribution in [0.3, 0.4) is 0 Å². The lowest BCUT2D eigenvalue weighted by Gasteiger charge is -2.14. The predicted molar refractivity (Wildman–Crippen MR) is 70.6 cm³/mol. The SMILES string of the molecule is Nc1cc(F)c(OCC2CCCO2)c2ncccc12. The molecule has 2 heterocycles. The number of anilines is 1. The number of aromatic nitrogens is 1. The van der Waals surface area contributed by atoms with Crippen LogP contribution in [0.2, 0.25) is 0 Å². The molecule has 0 bridgehead atoms. The van der Waals surface area contributed by atoms with Gasteiger partial charge in [-0.15, -0.1) is 0 Å². The highest BCUT2D eigenvalue weighted by Gasteiger charge is 2.19. The van der Waals surface area contributed by atoms with Crippen molar-refractivity contribution >= 4 is 16.6 Å². The Morgan fingerprint density at radius 2 is 2.42 bits per heavy atom. The average Bonchev–Trinajstić information content (AvgIpc) is 2.92. The van der Waals surface area contributed by atoms with Crippen LogP contribution >= 0.6 is 0 Å². The fourth-order valence-corrected chi connectivity index (χ4v) is 2.30. The Morgan fingerprint density at radius 1 is 1.53 bits per heavy atom. The zero-order chi connectivity index (χ0) is 13.2. The van der Waals surface area contributed by atoms with Gasteiger partial charge < -0.3 is 15.2 Å². The van der Waals surface area contributed by atoms with Crippen molar-refractivity contribution < 1.29 is 13.9 Å². The van der Waals surface area contributed by atoms with Crippen LogP contribution in [-0.2, 0) is 4.74 Å². The molecule has 100 valence electrons. The van der Waals surface area contributed by atoms with E-state index in [1.807, 2.05) is 0 Å². The summed E-state index contributed by atoms with van der Waals surface area (Å²) >= 11 is 0. The molecule has 1 fully saturated rings. The number of benzene rings is 1. The molecule has 0 spiro atoms. The normalized spacial score (nSPS) is 18.9. The van der Waals surface area contributed by atoms with Gasteiger partial charge in [-0.2, -0.15) is 0 Å². The molecular weight excluding hydrogens is 247 g/mol. The molecule has 1 unspecified atom stereocenters. The van der Waals surface area contributed by atoms with Crippen LogP contribution in [-0.4, -0.2) is 24.3 Å². The first kappa shape index (κ1) is 12.2. The monoisotopic (exact) mass is 262 g/mol. The van der Waals surface area contributed by atoms with Gasteiger partial charge in [-0.3, -0.25) is 4.98 Å². The third kappa shape index (κ3) is 2.33. The zero-order valence-electron chi connectivity index (χ0n) is 10.4. The van der Waals surface area contributed by atoms with E-state index in [4.69, 9.17) is 15.2 Å². The molecule has 3 rings (SSSR count). The van der Waals surface area contributed by atoms with Crippen molar-refractivity contribution in [2.75, 3.05) is 18.9 Å². The van der Waals surface area contributed by atoms with E-state index in [9.17, 15) is 4.39 Å². The number of fused-ring (bicyclic) bond motifs is 1. The molecule has 1 aliphatic rings. The molecule has 1 aromatic carbocycles. The maximum atomic E-state index is 14.0. The molecule has 0 aliphatic carbocycles. The summed E-state index contributed by atoms with van der Waals surface area (Å²) in [6.07, 6.45) is 3.61. The summed E-state index contributed by atoms with van der Waals surface area (Å²) in [7, 11) is 0. The lowest BCUT2D eigenvalue weighted by Crippen LogP contribution is -2.17. The maximum absolute atomic E-state index is 14.0. The van der Waals surface area contributed by atoms with Crippen LogP contribution in [0.1, 0.15) is 12.8 Å². The molecule has 1 aliphatic heterocycles. The second kappa shape index (κ2) is 5.01. The quantitative estimate of drug-likeness (QED) is 0.863. The summed E-state index contributed by atoms with van der Waals surface area (Å²) in [6.45, 7) is 1.09. The van der Waals surface area contributed by atoms with Gasteiger partial charge in [0, 0.05) is 29.9 Å². The largest absolute Gasteiger partial charge is 0.486 e. The van der Waals surface area contributed by atoms with Crippen LogP contribution in [0.15, 0.2) is 24.4 Å². The van der Waals surface area contributed by atoms with Crippen molar-refractivity contribution in [3.63, 3.8) is 0 Å². The number of nitrogen functional groups attached to an aromatic ring is 1. The number of ether oxygens (including phenoxy) is 2. The minimum absolute atomic E-state index is 0.0377. The Labute approximate surface area is 110 Å². The van der Waals surface area contributed by atoms with Gasteiger partial charge in [0.1, 0.15) is 12.1 Å².